The first kappa shape index (κ1) is 21.5. The number of nitrogens with zero attached hydrogens (tertiary/aromatic N) is 2. The number of rotatable bonds is 6. The van der Waals surface area contributed by atoms with E-state index >= 15 is 4.39 Å². The van der Waals surface area contributed by atoms with Crippen LogP contribution in [0.4, 0.5) is 4.39 Å². The molecule has 7 heteroatoms. The number of halogens is 1. The Bertz CT molecular complexity index is 1170. The van der Waals surface area contributed by atoms with Gasteiger partial charge in [-0.05, 0) is 51.1 Å². The highest BCUT2D eigenvalue weighted by Gasteiger charge is 2.33. The summed E-state index contributed by atoms with van der Waals surface area (Å²) < 4.78 is 36.4. The Labute approximate surface area is 184 Å². The molecule has 4 aromatic rings. The minimum atomic E-state index is -1.42. The van der Waals surface area contributed by atoms with E-state index in [1.807, 2.05) is 69.3 Å². The average Bonchev–Trinajstić information content (AvgIpc) is 3.17. The van der Waals surface area contributed by atoms with Crippen molar-refractivity contribution in [2.45, 2.75) is 38.0 Å². The van der Waals surface area contributed by atoms with Crippen molar-refractivity contribution >= 4 is 22.3 Å². The van der Waals surface area contributed by atoms with Crippen LogP contribution in [0.1, 0.15) is 38.1 Å². The van der Waals surface area contributed by atoms with Crippen molar-refractivity contribution in [2.75, 3.05) is 0 Å². The molecule has 0 saturated carbocycles. The van der Waals surface area contributed by atoms with E-state index in [1.54, 1.807) is 12.3 Å². The Morgan fingerprint density at radius 3 is 2.58 bits per heavy atom. The fourth-order valence-electron chi connectivity index (χ4n) is 3.41. The summed E-state index contributed by atoms with van der Waals surface area (Å²) >= 11 is -1.42. The van der Waals surface area contributed by atoms with Crippen LogP contribution in [-0.4, -0.2) is 19.4 Å². The SMILES string of the molecule is CC(C)(C)[S+]([O-])NC(Cc1ccccn1)c1c(F)cccc1-c1noc2ccccc12. The van der Waals surface area contributed by atoms with Crippen LogP contribution in [0, 0.1) is 5.82 Å². The maximum atomic E-state index is 15.3. The summed E-state index contributed by atoms with van der Waals surface area (Å²) in [6.07, 6.45) is 2.06. The van der Waals surface area contributed by atoms with Gasteiger partial charge in [-0.25, -0.2) is 4.39 Å². The van der Waals surface area contributed by atoms with E-state index in [2.05, 4.69) is 14.9 Å². The maximum Gasteiger partial charge on any atom is 0.167 e. The minimum Gasteiger partial charge on any atom is -0.598 e. The van der Waals surface area contributed by atoms with Gasteiger partial charge in [-0.1, -0.05) is 35.5 Å². The normalized spacial score (nSPS) is 14.0. The topological polar surface area (TPSA) is 74.0 Å². The third-order valence-electron chi connectivity index (χ3n) is 4.98. The van der Waals surface area contributed by atoms with Gasteiger partial charge in [-0.2, -0.15) is 0 Å². The zero-order valence-electron chi connectivity index (χ0n) is 17.6. The Balaban J connectivity index is 1.84. The summed E-state index contributed by atoms with van der Waals surface area (Å²) in [6.45, 7) is 5.63. The molecule has 0 fully saturated rings. The quantitative estimate of drug-likeness (QED) is 0.411. The smallest absolute Gasteiger partial charge is 0.167 e. The summed E-state index contributed by atoms with van der Waals surface area (Å²) in [4.78, 5) is 4.39. The minimum absolute atomic E-state index is 0.367. The first-order valence-corrected chi connectivity index (χ1v) is 11.2. The number of hydrogen-bond acceptors (Lipinski definition) is 5. The summed E-state index contributed by atoms with van der Waals surface area (Å²) in [5.74, 6) is -0.399. The van der Waals surface area contributed by atoms with Crippen LogP contribution in [-0.2, 0) is 17.8 Å². The number of benzene rings is 2. The number of aromatic nitrogens is 2. The van der Waals surface area contributed by atoms with E-state index in [0.717, 1.165) is 11.1 Å². The van der Waals surface area contributed by atoms with Crippen LogP contribution >= 0.6 is 0 Å². The monoisotopic (exact) mass is 437 g/mol. The zero-order chi connectivity index (χ0) is 22.0. The van der Waals surface area contributed by atoms with E-state index in [4.69, 9.17) is 4.52 Å². The Morgan fingerprint density at radius 1 is 1.06 bits per heavy atom. The molecular weight excluding hydrogens is 413 g/mol. The van der Waals surface area contributed by atoms with Crippen molar-refractivity contribution < 1.29 is 13.5 Å². The van der Waals surface area contributed by atoms with Crippen molar-refractivity contribution in [1.82, 2.24) is 14.9 Å². The molecule has 5 nitrogen and oxygen atoms in total. The number of para-hydroxylation sites is 1. The molecule has 0 aliphatic rings. The molecule has 4 rings (SSSR count). The molecule has 160 valence electrons. The third kappa shape index (κ3) is 4.63. The van der Waals surface area contributed by atoms with E-state index in [9.17, 15) is 4.55 Å². The van der Waals surface area contributed by atoms with Crippen LogP contribution in [0.15, 0.2) is 71.4 Å². The van der Waals surface area contributed by atoms with Crippen molar-refractivity contribution in [3.8, 4) is 11.3 Å². The van der Waals surface area contributed by atoms with Gasteiger partial charge in [0.25, 0.3) is 0 Å². The van der Waals surface area contributed by atoms with Crippen molar-refractivity contribution in [3.05, 3.63) is 83.9 Å². The lowest BCUT2D eigenvalue weighted by molar-refractivity contribution is 0.459. The summed E-state index contributed by atoms with van der Waals surface area (Å²) in [5, 5.41) is 5.02. The standard InChI is InChI=1S/C24H24FN3O2S/c1-24(2,3)31(29)28-20(15-16-9-6-7-14-26-16)22-18(11-8-12-19(22)25)23-17-10-4-5-13-21(17)30-27-23/h4-14,20,28H,15H2,1-3H3. The molecular formula is C24H24FN3O2S. The second-order valence-electron chi connectivity index (χ2n) is 8.31. The highest BCUT2D eigenvalue weighted by Crippen LogP contribution is 2.36. The molecule has 1 N–H and O–H groups in total. The lowest BCUT2D eigenvalue weighted by atomic mass is 9.93. The second-order valence-corrected chi connectivity index (χ2v) is 10.3. The van der Waals surface area contributed by atoms with Crippen LogP contribution in [0.25, 0.3) is 22.2 Å². The van der Waals surface area contributed by atoms with Gasteiger partial charge in [0, 0.05) is 46.2 Å². The molecule has 0 saturated heterocycles. The summed E-state index contributed by atoms with van der Waals surface area (Å²) in [5.41, 5.74) is 2.94. The number of pyridine rings is 1. The molecule has 2 unspecified atom stereocenters. The van der Waals surface area contributed by atoms with Gasteiger partial charge < -0.3 is 9.08 Å². The first-order chi connectivity index (χ1) is 14.8. The van der Waals surface area contributed by atoms with Crippen LogP contribution in [0.5, 0.6) is 0 Å². The van der Waals surface area contributed by atoms with E-state index < -0.39 is 28.0 Å². The summed E-state index contributed by atoms with van der Waals surface area (Å²) in [6, 6.07) is 17.3. The first-order valence-electron chi connectivity index (χ1n) is 10.1. The molecule has 2 heterocycles. The molecule has 0 amide bonds. The van der Waals surface area contributed by atoms with E-state index in [-0.39, 0.29) is 0 Å². The molecule has 2 aromatic carbocycles. The lowest BCUT2D eigenvalue weighted by Crippen LogP contribution is -2.42. The predicted molar refractivity (Wildman–Crippen MR) is 121 cm³/mol. The van der Waals surface area contributed by atoms with Crippen molar-refractivity contribution in [3.63, 3.8) is 0 Å². The Kier molecular flexibility index (Phi) is 6.09. The molecule has 0 spiro atoms. The van der Waals surface area contributed by atoms with Crippen LogP contribution in [0.3, 0.4) is 0 Å². The fourth-order valence-corrected chi connectivity index (χ4v) is 4.23. The molecule has 31 heavy (non-hydrogen) atoms. The zero-order valence-corrected chi connectivity index (χ0v) is 18.4. The average molecular weight is 438 g/mol. The molecule has 0 aliphatic carbocycles. The van der Waals surface area contributed by atoms with Crippen LogP contribution < -0.4 is 4.72 Å². The van der Waals surface area contributed by atoms with E-state index in [1.165, 1.54) is 6.07 Å². The third-order valence-corrected chi connectivity index (χ3v) is 6.59. The highest BCUT2D eigenvalue weighted by molar-refractivity contribution is 7.90. The van der Waals surface area contributed by atoms with E-state index in [0.29, 0.717) is 28.8 Å². The van der Waals surface area contributed by atoms with Gasteiger partial charge in [0.1, 0.15) is 16.3 Å². The lowest BCUT2D eigenvalue weighted by Gasteiger charge is -2.29. The molecule has 2 aromatic heterocycles. The predicted octanol–water partition coefficient (Wildman–Crippen LogP) is 5.36. The number of hydrogen-bond donors (Lipinski definition) is 1. The van der Waals surface area contributed by atoms with Gasteiger partial charge in [-0.3, -0.25) is 4.98 Å². The molecule has 2 atom stereocenters. The van der Waals surface area contributed by atoms with Crippen molar-refractivity contribution in [1.29, 1.82) is 0 Å². The van der Waals surface area contributed by atoms with Crippen LogP contribution in [0.2, 0.25) is 0 Å². The summed E-state index contributed by atoms with van der Waals surface area (Å²) in [7, 11) is 0. The Hall–Kier alpha value is -2.74. The fraction of sp³-hybridized carbons (Fsp3) is 0.250. The van der Waals surface area contributed by atoms with Gasteiger partial charge in [0.2, 0.25) is 0 Å². The van der Waals surface area contributed by atoms with Gasteiger partial charge in [0.05, 0.1) is 6.04 Å². The molecule has 0 radical (unpaired) electrons. The number of nitrogens with one attached hydrogen (secondary N) is 1. The van der Waals surface area contributed by atoms with Gasteiger partial charge in [0.15, 0.2) is 5.58 Å². The maximum absolute atomic E-state index is 15.3. The molecule has 0 aliphatic heterocycles. The highest BCUT2D eigenvalue weighted by atomic mass is 32.2. The number of fused-ring (bicyclic) bond motifs is 1. The van der Waals surface area contributed by atoms with Crippen molar-refractivity contribution in [2.24, 2.45) is 0 Å². The van der Waals surface area contributed by atoms with Gasteiger partial charge >= 0.3 is 0 Å². The molecule has 0 bridgehead atoms. The largest absolute Gasteiger partial charge is 0.598 e. The Morgan fingerprint density at radius 2 is 1.84 bits per heavy atom. The second kappa shape index (κ2) is 8.78. The van der Waals surface area contributed by atoms with Gasteiger partial charge in [-0.15, -0.1) is 4.72 Å².